The normalized spacial score (nSPS) is 20.0. The topological polar surface area (TPSA) is 18.5 Å². The maximum Gasteiger partial charge on any atom is 0.426 e. The molecule has 2 aromatic rings. The third-order valence-corrected chi connectivity index (χ3v) is 5.51. The zero-order chi connectivity index (χ0) is 21.0. The molecule has 0 radical (unpaired) electrons. The first-order valence-corrected chi connectivity index (χ1v) is 9.70. The smallest absolute Gasteiger partial charge is 0.426 e. The molecule has 3 rings (SSSR count). The van der Waals surface area contributed by atoms with E-state index in [0.717, 1.165) is 49.3 Å². The molecule has 0 bridgehead atoms. The Labute approximate surface area is 166 Å². The molecular formula is C22H23F5O2. The molecule has 0 spiro atoms. The number of alkyl halides is 4. The van der Waals surface area contributed by atoms with E-state index in [9.17, 15) is 22.0 Å². The summed E-state index contributed by atoms with van der Waals surface area (Å²) in [7, 11) is 0. The second-order valence-corrected chi connectivity index (χ2v) is 7.34. The third-order valence-electron chi connectivity index (χ3n) is 5.51. The van der Waals surface area contributed by atoms with Crippen LogP contribution >= 0.6 is 0 Å². The minimum Gasteiger partial charge on any atom is -0.432 e. The van der Waals surface area contributed by atoms with E-state index in [4.69, 9.17) is 0 Å². The Morgan fingerprint density at radius 3 is 2.21 bits per heavy atom. The van der Waals surface area contributed by atoms with Gasteiger partial charge < -0.3 is 9.47 Å². The van der Waals surface area contributed by atoms with Crippen LogP contribution in [0.4, 0.5) is 22.0 Å². The van der Waals surface area contributed by atoms with Crippen molar-refractivity contribution in [2.24, 2.45) is 5.92 Å². The molecule has 0 saturated heterocycles. The number of ether oxygens (including phenoxy) is 2. The van der Waals surface area contributed by atoms with Gasteiger partial charge in [-0.2, -0.15) is 17.6 Å². The summed E-state index contributed by atoms with van der Waals surface area (Å²) in [5, 5.41) is 0. The molecule has 1 aliphatic rings. The average molecular weight is 414 g/mol. The fourth-order valence-corrected chi connectivity index (χ4v) is 3.80. The molecule has 0 aromatic heterocycles. The van der Waals surface area contributed by atoms with Gasteiger partial charge in [-0.1, -0.05) is 25.5 Å². The minimum absolute atomic E-state index is 0.364. The van der Waals surface area contributed by atoms with Crippen molar-refractivity contribution in [2.75, 3.05) is 0 Å². The molecule has 0 atom stereocenters. The first-order chi connectivity index (χ1) is 13.8. The fourth-order valence-electron chi connectivity index (χ4n) is 3.80. The van der Waals surface area contributed by atoms with Gasteiger partial charge >= 0.3 is 12.7 Å². The Balaban J connectivity index is 1.67. The molecule has 0 heterocycles. The molecule has 29 heavy (non-hydrogen) atoms. The number of benzene rings is 2. The van der Waals surface area contributed by atoms with E-state index in [1.807, 2.05) is 0 Å². The first kappa shape index (κ1) is 21.4. The highest BCUT2D eigenvalue weighted by Crippen LogP contribution is 2.38. The van der Waals surface area contributed by atoms with Gasteiger partial charge in [-0.25, -0.2) is 4.39 Å². The van der Waals surface area contributed by atoms with Crippen LogP contribution < -0.4 is 9.47 Å². The quantitative estimate of drug-likeness (QED) is 0.445. The van der Waals surface area contributed by atoms with Crippen LogP contribution in [0.1, 0.15) is 56.1 Å². The zero-order valence-corrected chi connectivity index (χ0v) is 16.0. The van der Waals surface area contributed by atoms with Gasteiger partial charge in [0.05, 0.1) is 5.56 Å². The van der Waals surface area contributed by atoms with Gasteiger partial charge in [0.1, 0.15) is 5.75 Å². The molecule has 1 fully saturated rings. The van der Waals surface area contributed by atoms with Gasteiger partial charge in [0, 0.05) is 6.07 Å². The summed E-state index contributed by atoms with van der Waals surface area (Å²) >= 11 is 0. The maximum atomic E-state index is 14.5. The highest BCUT2D eigenvalue weighted by molar-refractivity contribution is 5.34. The molecule has 0 amide bonds. The number of halogens is 5. The van der Waals surface area contributed by atoms with Crippen LogP contribution in [0, 0.1) is 11.7 Å². The zero-order valence-electron chi connectivity index (χ0n) is 16.0. The van der Waals surface area contributed by atoms with Gasteiger partial charge in [0.25, 0.3) is 0 Å². The third kappa shape index (κ3) is 5.40. The van der Waals surface area contributed by atoms with Crippen molar-refractivity contribution in [3.8, 4) is 11.5 Å². The number of hydrogen-bond donors (Lipinski definition) is 0. The van der Waals surface area contributed by atoms with Crippen LogP contribution in [0.25, 0.3) is 0 Å². The number of rotatable bonds is 7. The van der Waals surface area contributed by atoms with E-state index in [0.29, 0.717) is 12.0 Å². The van der Waals surface area contributed by atoms with Crippen molar-refractivity contribution in [3.05, 3.63) is 59.4 Å². The molecule has 2 nitrogen and oxygen atoms in total. The van der Waals surface area contributed by atoms with Gasteiger partial charge in [-0.15, -0.1) is 0 Å². The van der Waals surface area contributed by atoms with E-state index in [1.54, 1.807) is 12.1 Å². The summed E-state index contributed by atoms with van der Waals surface area (Å²) < 4.78 is 75.5. The molecule has 1 aliphatic carbocycles. The highest BCUT2D eigenvalue weighted by Gasteiger charge is 2.35. The van der Waals surface area contributed by atoms with Gasteiger partial charge in [0.15, 0.2) is 11.6 Å². The van der Waals surface area contributed by atoms with Crippen LogP contribution in [0.2, 0.25) is 0 Å². The van der Waals surface area contributed by atoms with Crippen molar-refractivity contribution < 1.29 is 31.4 Å². The average Bonchev–Trinajstić information content (AvgIpc) is 2.70. The van der Waals surface area contributed by atoms with Crippen molar-refractivity contribution in [3.63, 3.8) is 0 Å². The highest BCUT2D eigenvalue weighted by atomic mass is 19.3. The lowest BCUT2D eigenvalue weighted by Gasteiger charge is -2.28. The summed E-state index contributed by atoms with van der Waals surface area (Å²) in [6.45, 7) is -1.03. The molecule has 158 valence electrons. The van der Waals surface area contributed by atoms with E-state index >= 15 is 0 Å². The molecular weight excluding hydrogens is 391 g/mol. The van der Waals surface area contributed by atoms with Gasteiger partial charge in [0.2, 0.25) is 0 Å². The lowest BCUT2D eigenvalue weighted by Crippen LogP contribution is -2.22. The molecule has 1 saturated carbocycles. The van der Waals surface area contributed by atoms with E-state index in [1.165, 1.54) is 18.6 Å². The SMILES string of the molecule is CC[C@H]1CC[C@H](c2ccc(C(F)(F)Oc3ccc(OC(F)F)c(F)c3)cc2)CC1. The van der Waals surface area contributed by atoms with Crippen molar-refractivity contribution >= 4 is 0 Å². The summed E-state index contributed by atoms with van der Waals surface area (Å²) in [5.74, 6) is -1.32. The standard InChI is InChI=1S/C22H23F5O2/c1-2-14-3-5-15(6-4-14)16-7-9-17(10-8-16)22(26,27)29-18-11-12-20(19(23)13-18)28-21(24)25/h7-15,21H,2-6H2,1H3/t14-,15-. The van der Waals surface area contributed by atoms with Crippen LogP contribution in [-0.2, 0) is 6.11 Å². The Kier molecular flexibility index (Phi) is 6.65. The predicted octanol–water partition coefficient (Wildman–Crippen LogP) is 7.24. The second kappa shape index (κ2) is 9.01. The second-order valence-electron chi connectivity index (χ2n) is 7.34. The lowest BCUT2D eigenvalue weighted by atomic mass is 9.78. The van der Waals surface area contributed by atoms with E-state index in [-0.39, 0.29) is 5.56 Å². The van der Waals surface area contributed by atoms with E-state index < -0.39 is 30.0 Å². The summed E-state index contributed by atoms with van der Waals surface area (Å²) in [6.07, 6.45) is 1.88. The molecule has 0 unspecified atom stereocenters. The summed E-state index contributed by atoms with van der Waals surface area (Å²) in [4.78, 5) is 0. The first-order valence-electron chi connectivity index (χ1n) is 9.70. The van der Waals surface area contributed by atoms with E-state index in [2.05, 4.69) is 16.4 Å². The molecule has 0 aliphatic heterocycles. The van der Waals surface area contributed by atoms with Crippen molar-refractivity contribution in [1.82, 2.24) is 0 Å². The predicted molar refractivity (Wildman–Crippen MR) is 99.0 cm³/mol. The van der Waals surface area contributed by atoms with Crippen molar-refractivity contribution in [1.29, 1.82) is 0 Å². The monoisotopic (exact) mass is 414 g/mol. The van der Waals surface area contributed by atoms with Crippen LogP contribution in [0.5, 0.6) is 11.5 Å². The molecule has 0 N–H and O–H groups in total. The Hall–Kier alpha value is -2.31. The van der Waals surface area contributed by atoms with Crippen LogP contribution in [-0.4, -0.2) is 6.61 Å². The fraction of sp³-hybridized carbons (Fsp3) is 0.455. The Morgan fingerprint density at radius 1 is 1.00 bits per heavy atom. The molecule has 2 aromatic carbocycles. The maximum absolute atomic E-state index is 14.5. The summed E-state index contributed by atoms with van der Waals surface area (Å²) in [6, 6.07) is 8.36. The lowest BCUT2D eigenvalue weighted by molar-refractivity contribution is -0.185. The Morgan fingerprint density at radius 2 is 1.66 bits per heavy atom. The van der Waals surface area contributed by atoms with Crippen LogP contribution in [0.15, 0.2) is 42.5 Å². The molecule has 7 heteroatoms. The number of hydrogen-bond acceptors (Lipinski definition) is 2. The van der Waals surface area contributed by atoms with Gasteiger partial charge in [-0.3, -0.25) is 0 Å². The summed E-state index contributed by atoms with van der Waals surface area (Å²) in [5.41, 5.74) is 0.662. The van der Waals surface area contributed by atoms with Crippen molar-refractivity contribution in [2.45, 2.75) is 57.7 Å². The Bertz CT molecular complexity index is 799. The minimum atomic E-state index is -3.70. The van der Waals surface area contributed by atoms with Gasteiger partial charge in [-0.05, 0) is 67.3 Å². The largest absolute Gasteiger partial charge is 0.432 e. The van der Waals surface area contributed by atoms with Crippen LogP contribution in [0.3, 0.4) is 0 Å².